The molecule has 1 heterocycles. The third-order valence-corrected chi connectivity index (χ3v) is 5.05. The Labute approximate surface area is 130 Å². The Hall–Kier alpha value is -0.570. The molecule has 1 aliphatic carbocycles. The highest BCUT2D eigenvalue weighted by Gasteiger charge is 2.20. The van der Waals surface area contributed by atoms with Crippen molar-refractivity contribution >= 4 is 5.91 Å². The Balaban J connectivity index is 1.75. The Bertz CT molecular complexity index is 275. The second-order valence-electron chi connectivity index (χ2n) is 6.82. The molecule has 0 radical (unpaired) electrons. The van der Waals surface area contributed by atoms with Crippen LogP contribution < -0.4 is 0 Å². The molecule has 3 nitrogen and oxygen atoms in total. The minimum Gasteiger partial charge on any atom is -0.378 e. The summed E-state index contributed by atoms with van der Waals surface area (Å²) in [4.78, 5) is 14.4. The van der Waals surface area contributed by atoms with Gasteiger partial charge in [-0.05, 0) is 18.8 Å². The lowest BCUT2D eigenvalue weighted by molar-refractivity contribution is -0.136. The predicted octanol–water partition coefficient (Wildman–Crippen LogP) is 4.16. The van der Waals surface area contributed by atoms with Gasteiger partial charge in [0.15, 0.2) is 0 Å². The van der Waals surface area contributed by atoms with Crippen molar-refractivity contribution in [2.75, 3.05) is 26.3 Å². The van der Waals surface area contributed by atoms with Crippen LogP contribution in [0.4, 0.5) is 0 Å². The van der Waals surface area contributed by atoms with Gasteiger partial charge < -0.3 is 9.64 Å². The molecular formula is C18H33NO2. The van der Waals surface area contributed by atoms with E-state index >= 15 is 0 Å². The zero-order valence-corrected chi connectivity index (χ0v) is 13.7. The van der Waals surface area contributed by atoms with E-state index in [9.17, 15) is 4.79 Å². The molecule has 2 rings (SSSR count). The summed E-state index contributed by atoms with van der Waals surface area (Å²) in [5.74, 6) is 0.996. The average Bonchev–Trinajstić information content (AvgIpc) is 2.51. The lowest BCUT2D eigenvalue weighted by atomic mass is 9.90. The predicted molar refractivity (Wildman–Crippen MR) is 86.3 cm³/mol. The molecule has 0 bridgehead atoms. The standard InChI is InChI=1S/C18H33NO2/c20-18(19-12-14-21-15-13-19)16-17-10-8-6-4-2-1-3-5-7-9-11-17/h17H,1-16H2. The maximum atomic E-state index is 12.4. The first-order valence-electron chi connectivity index (χ1n) is 9.22. The van der Waals surface area contributed by atoms with E-state index in [4.69, 9.17) is 4.74 Å². The molecule has 0 aromatic carbocycles. The quantitative estimate of drug-likeness (QED) is 0.765. The third kappa shape index (κ3) is 6.82. The van der Waals surface area contributed by atoms with Crippen LogP contribution in [0.15, 0.2) is 0 Å². The molecule has 1 saturated carbocycles. The van der Waals surface area contributed by atoms with Gasteiger partial charge in [-0.2, -0.15) is 0 Å². The van der Waals surface area contributed by atoms with Crippen LogP contribution in [0.2, 0.25) is 0 Å². The van der Waals surface area contributed by atoms with E-state index in [1.807, 2.05) is 4.90 Å². The van der Waals surface area contributed by atoms with E-state index in [1.54, 1.807) is 0 Å². The van der Waals surface area contributed by atoms with Gasteiger partial charge in [0.2, 0.25) is 5.91 Å². The van der Waals surface area contributed by atoms with Crippen molar-refractivity contribution in [3.8, 4) is 0 Å². The fourth-order valence-corrected chi connectivity index (χ4v) is 3.64. The number of rotatable bonds is 2. The Morgan fingerprint density at radius 2 is 1.29 bits per heavy atom. The first-order chi connectivity index (χ1) is 10.4. The van der Waals surface area contributed by atoms with Gasteiger partial charge in [-0.25, -0.2) is 0 Å². The van der Waals surface area contributed by atoms with Crippen LogP contribution in [0.5, 0.6) is 0 Å². The lowest BCUT2D eigenvalue weighted by Gasteiger charge is -2.28. The van der Waals surface area contributed by atoms with E-state index in [0.717, 1.165) is 32.7 Å². The summed E-state index contributed by atoms with van der Waals surface area (Å²) < 4.78 is 5.34. The summed E-state index contributed by atoms with van der Waals surface area (Å²) in [5, 5.41) is 0. The number of morpholine rings is 1. The molecule has 0 aromatic rings. The number of ether oxygens (including phenoxy) is 1. The zero-order valence-electron chi connectivity index (χ0n) is 13.7. The molecule has 122 valence electrons. The van der Waals surface area contributed by atoms with E-state index in [-0.39, 0.29) is 0 Å². The Morgan fingerprint density at radius 1 is 0.810 bits per heavy atom. The summed E-state index contributed by atoms with van der Waals surface area (Å²) in [7, 11) is 0. The van der Waals surface area contributed by atoms with Crippen LogP contribution in [0, 0.1) is 5.92 Å². The lowest BCUT2D eigenvalue weighted by Crippen LogP contribution is -2.41. The molecule has 2 fully saturated rings. The van der Waals surface area contributed by atoms with Crippen molar-refractivity contribution < 1.29 is 9.53 Å². The maximum Gasteiger partial charge on any atom is 0.223 e. The first kappa shape index (κ1) is 16.8. The van der Waals surface area contributed by atoms with Gasteiger partial charge in [-0.15, -0.1) is 0 Å². The minimum absolute atomic E-state index is 0.371. The van der Waals surface area contributed by atoms with Crippen LogP contribution >= 0.6 is 0 Å². The van der Waals surface area contributed by atoms with Crippen molar-refractivity contribution in [2.24, 2.45) is 5.92 Å². The molecule has 0 atom stereocenters. The van der Waals surface area contributed by atoms with E-state index in [2.05, 4.69) is 0 Å². The van der Waals surface area contributed by atoms with Crippen LogP contribution in [0.1, 0.15) is 77.0 Å². The summed E-state index contributed by atoms with van der Waals surface area (Å²) in [6.07, 6.45) is 15.7. The van der Waals surface area contributed by atoms with E-state index in [1.165, 1.54) is 70.6 Å². The number of carbonyl (C=O) groups is 1. The van der Waals surface area contributed by atoms with Gasteiger partial charge in [0.05, 0.1) is 13.2 Å². The number of hydrogen-bond acceptors (Lipinski definition) is 2. The van der Waals surface area contributed by atoms with Gasteiger partial charge in [0.1, 0.15) is 0 Å². The fraction of sp³-hybridized carbons (Fsp3) is 0.944. The van der Waals surface area contributed by atoms with Crippen molar-refractivity contribution in [3.63, 3.8) is 0 Å². The van der Waals surface area contributed by atoms with Crippen molar-refractivity contribution in [1.82, 2.24) is 4.90 Å². The molecule has 2 aliphatic rings. The van der Waals surface area contributed by atoms with Crippen molar-refractivity contribution in [2.45, 2.75) is 77.0 Å². The average molecular weight is 295 g/mol. The molecule has 1 saturated heterocycles. The number of nitrogens with zero attached hydrogens (tertiary/aromatic N) is 1. The summed E-state index contributed by atoms with van der Waals surface area (Å²) >= 11 is 0. The molecule has 0 aromatic heterocycles. The summed E-state index contributed by atoms with van der Waals surface area (Å²) in [5.41, 5.74) is 0. The maximum absolute atomic E-state index is 12.4. The second kappa shape index (κ2) is 10.2. The topological polar surface area (TPSA) is 29.5 Å². The van der Waals surface area contributed by atoms with Gasteiger partial charge in [0.25, 0.3) is 0 Å². The highest BCUT2D eigenvalue weighted by atomic mass is 16.5. The van der Waals surface area contributed by atoms with Crippen molar-refractivity contribution in [1.29, 1.82) is 0 Å². The molecule has 0 N–H and O–H groups in total. The van der Waals surface area contributed by atoms with Crippen LogP contribution in [0.25, 0.3) is 0 Å². The zero-order chi connectivity index (χ0) is 14.8. The Morgan fingerprint density at radius 3 is 1.81 bits per heavy atom. The normalized spacial score (nSPS) is 24.1. The second-order valence-corrected chi connectivity index (χ2v) is 6.82. The van der Waals surface area contributed by atoms with Gasteiger partial charge in [0, 0.05) is 19.5 Å². The minimum atomic E-state index is 0.371. The molecule has 0 unspecified atom stereocenters. The molecule has 1 amide bonds. The Kier molecular flexibility index (Phi) is 8.16. The molecule has 1 aliphatic heterocycles. The summed E-state index contributed by atoms with van der Waals surface area (Å²) in [6.45, 7) is 3.03. The van der Waals surface area contributed by atoms with Crippen LogP contribution in [-0.4, -0.2) is 37.1 Å². The molecular weight excluding hydrogens is 262 g/mol. The monoisotopic (exact) mass is 295 g/mol. The molecule has 3 heteroatoms. The van der Waals surface area contributed by atoms with E-state index < -0.39 is 0 Å². The van der Waals surface area contributed by atoms with Gasteiger partial charge in [-0.3, -0.25) is 4.79 Å². The highest BCUT2D eigenvalue weighted by Crippen LogP contribution is 2.24. The SMILES string of the molecule is O=C(CC1CCCCCCCCCCC1)N1CCOCC1. The number of carbonyl (C=O) groups excluding carboxylic acids is 1. The van der Waals surface area contributed by atoms with Crippen LogP contribution in [-0.2, 0) is 9.53 Å². The summed E-state index contributed by atoms with van der Waals surface area (Å²) in [6, 6.07) is 0. The smallest absolute Gasteiger partial charge is 0.223 e. The van der Waals surface area contributed by atoms with Gasteiger partial charge in [-0.1, -0.05) is 57.8 Å². The first-order valence-corrected chi connectivity index (χ1v) is 9.22. The molecule has 21 heavy (non-hydrogen) atoms. The van der Waals surface area contributed by atoms with Crippen molar-refractivity contribution in [3.05, 3.63) is 0 Å². The molecule has 0 spiro atoms. The fourth-order valence-electron chi connectivity index (χ4n) is 3.64. The van der Waals surface area contributed by atoms with Crippen LogP contribution in [0.3, 0.4) is 0 Å². The van der Waals surface area contributed by atoms with Gasteiger partial charge >= 0.3 is 0 Å². The third-order valence-electron chi connectivity index (χ3n) is 5.05. The number of hydrogen-bond donors (Lipinski definition) is 0. The van der Waals surface area contributed by atoms with E-state index in [0.29, 0.717) is 11.8 Å². The largest absolute Gasteiger partial charge is 0.378 e. The number of amides is 1. The highest BCUT2D eigenvalue weighted by molar-refractivity contribution is 5.76.